The standard InChI is InChI=1S/C13H18N2O2S/c1-10(9-12-5-3-8-18-12)13(17)15-7-4-6-14-11(2)16/h3,5,8-9H,4,6-7H2,1-2H3,(H,14,16)(H,15,17)/b10-9+. The molecule has 0 atom stereocenters. The van der Waals surface area contributed by atoms with E-state index in [0.29, 0.717) is 18.7 Å². The van der Waals surface area contributed by atoms with E-state index in [4.69, 9.17) is 0 Å². The monoisotopic (exact) mass is 266 g/mol. The first kappa shape index (κ1) is 14.4. The van der Waals surface area contributed by atoms with Gasteiger partial charge in [-0.2, -0.15) is 0 Å². The van der Waals surface area contributed by atoms with Crippen LogP contribution in [0.3, 0.4) is 0 Å². The Balaban J connectivity index is 2.26. The van der Waals surface area contributed by atoms with Crippen LogP contribution < -0.4 is 10.6 Å². The number of rotatable bonds is 6. The minimum absolute atomic E-state index is 0.0462. The average Bonchev–Trinajstić information content (AvgIpc) is 2.80. The Labute approximate surface area is 111 Å². The van der Waals surface area contributed by atoms with E-state index in [1.165, 1.54) is 6.92 Å². The van der Waals surface area contributed by atoms with Crippen LogP contribution in [0.15, 0.2) is 23.1 Å². The molecule has 0 bridgehead atoms. The van der Waals surface area contributed by atoms with Crippen LogP contribution in [0.4, 0.5) is 0 Å². The molecular formula is C13H18N2O2S. The van der Waals surface area contributed by atoms with Crippen molar-refractivity contribution in [2.75, 3.05) is 13.1 Å². The lowest BCUT2D eigenvalue weighted by Crippen LogP contribution is -2.29. The molecule has 4 nitrogen and oxygen atoms in total. The normalized spacial score (nSPS) is 11.1. The van der Waals surface area contributed by atoms with E-state index >= 15 is 0 Å². The van der Waals surface area contributed by atoms with Crippen molar-refractivity contribution in [1.82, 2.24) is 10.6 Å². The molecule has 0 radical (unpaired) electrons. The van der Waals surface area contributed by atoms with Gasteiger partial charge in [-0.05, 0) is 30.9 Å². The molecule has 0 spiro atoms. The van der Waals surface area contributed by atoms with Crippen molar-refractivity contribution in [3.05, 3.63) is 28.0 Å². The van der Waals surface area contributed by atoms with Crippen molar-refractivity contribution >= 4 is 29.2 Å². The lowest BCUT2D eigenvalue weighted by atomic mass is 10.2. The van der Waals surface area contributed by atoms with Gasteiger partial charge < -0.3 is 10.6 Å². The largest absolute Gasteiger partial charge is 0.356 e. The van der Waals surface area contributed by atoms with Crippen molar-refractivity contribution in [1.29, 1.82) is 0 Å². The first-order valence-electron chi connectivity index (χ1n) is 5.84. The zero-order chi connectivity index (χ0) is 13.4. The number of nitrogens with one attached hydrogen (secondary N) is 2. The second kappa shape index (κ2) is 7.66. The molecule has 18 heavy (non-hydrogen) atoms. The molecule has 0 unspecified atom stereocenters. The summed E-state index contributed by atoms with van der Waals surface area (Å²) < 4.78 is 0. The molecule has 98 valence electrons. The van der Waals surface area contributed by atoms with Crippen LogP contribution in [-0.2, 0) is 9.59 Å². The van der Waals surface area contributed by atoms with Crippen molar-refractivity contribution in [2.24, 2.45) is 0 Å². The summed E-state index contributed by atoms with van der Waals surface area (Å²) in [6.45, 7) is 4.42. The van der Waals surface area contributed by atoms with Crippen molar-refractivity contribution in [2.45, 2.75) is 20.3 Å². The van der Waals surface area contributed by atoms with Gasteiger partial charge in [0.2, 0.25) is 11.8 Å². The van der Waals surface area contributed by atoms with E-state index in [1.807, 2.05) is 23.6 Å². The molecule has 0 aromatic carbocycles. The Morgan fingerprint density at radius 1 is 1.28 bits per heavy atom. The van der Waals surface area contributed by atoms with Gasteiger partial charge in [-0.15, -0.1) is 11.3 Å². The van der Waals surface area contributed by atoms with E-state index in [0.717, 1.165) is 11.3 Å². The van der Waals surface area contributed by atoms with E-state index in [9.17, 15) is 9.59 Å². The molecule has 0 fully saturated rings. The molecule has 2 amide bonds. The van der Waals surface area contributed by atoms with Gasteiger partial charge in [0.05, 0.1) is 0 Å². The topological polar surface area (TPSA) is 58.2 Å². The maximum Gasteiger partial charge on any atom is 0.246 e. The summed E-state index contributed by atoms with van der Waals surface area (Å²) in [6.07, 6.45) is 2.60. The predicted molar refractivity (Wildman–Crippen MR) is 74.3 cm³/mol. The summed E-state index contributed by atoms with van der Waals surface area (Å²) in [6, 6.07) is 3.92. The smallest absolute Gasteiger partial charge is 0.246 e. The highest BCUT2D eigenvalue weighted by molar-refractivity contribution is 7.10. The summed E-state index contributed by atoms with van der Waals surface area (Å²) in [5.74, 6) is -0.110. The Morgan fingerprint density at radius 2 is 2.00 bits per heavy atom. The van der Waals surface area contributed by atoms with Crippen molar-refractivity contribution in [3.63, 3.8) is 0 Å². The number of hydrogen-bond donors (Lipinski definition) is 2. The Morgan fingerprint density at radius 3 is 2.61 bits per heavy atom. The van der Waals surface area contributed by atoms with E-state index < -0.39 is 0 Å². The van der Waals surface area contributed by atoms with Crippen LogP contribution in [-0.4, -0.2) is 24.9 Å². The number of carbonyl (C=O) groups excluding carboxylic acids is 2. The first-order valence-corrected chi connectivity index (χ1v) is 6.72. The molecule has 0 aliphatic carbocycles. The fourth-order valence-electron chi connectivity index (χ4n) is 1.35. The van der Waals surface area contributed by atoms with Gasteiger partial charge in [-0.3, -0.25) is 9.59 Å². The average molecular weight is 266 g/mol. The minimum Gasteiger partial charge on any atom is -0.356 e. The zero-order valence-electron chi connectivity index (χ0n) is 10.7. The highest BCUT2D eigenvalue weighted by Gasteiger charge is 2.03. The fourth-order valence-corrected chi connectivity index (χ4v) is 2.06. The van der Waals surface area contributed by atoms with Gasteiger partial charge in [-0.25, -0.2) is 0 Å². The van der Waals surface area contributed by atoms with Crippen molar-refractivity contribution in [3.8, 4) is 0 Å². The summed E-state index contributed by atoms with van der Waals surface area (Å²) in [5.41, 5.74) is 0.692. The maximum atomic E-state index is 11.7. The van der Waals surface area contributed by atoms with Gasteiger partial charge in [-0.1, -0.05) is 6.07 Å². The van der Waals surface area contributed by atoms with Crippen LogP contribution in [0.5, 0.6) is 0 Å². The van der Waals surface area contributed by atoms with Crippen LogP contribution in [0.25, 0.3) is 6.08 Å². The third-order valence-electron chi connectivity index (χ3n) is 2.27. The highest BCUT2D eigenvalue weighted by atomic mass is 32.1. The van der Waals surface area contributed by atoms with Gasteiger partial charge >= 0.3 is 0 Å². The zero-order valence-corrected chi connectivity index (χ0v) is 11.5. The minimum atomic E-state index is -0.0637. The number of hydrogen-bond acceptors (Lipinski definition) is 3. The Bertz CT molecular complexity index is 424. The lowest BCUT2D eigenvalue weighted by Gasteiger charge is -2.05. The Hall–Kier alpha value is -1.62. The summed E-state index contributed by atoms with van der Waals surface area (Å²) in [7, 11) is 0. The van der Waals surface area contributed by atoms with Crippen LogP contribution in [0, 0.1) is 0 Å². The summed E-state index contributed by atoms with van der Waals surface area (Å²) in [5, 5.41) is 7.47. The molecular weight excluding hydrogens is 248 g/mol. The molecule has 1 aromatic rings. The summed E-state index contributed by atoms with van der Waals surface area (Å²) >= 11 is 1.60. The van der Waals surface area contributed by atoms with Gasteiger partial charge in [0.25, 0.3) is 0 Å². The molecule has 5 heteroatoms. The fraction of sp³-hybridized carbons (Fsp3) is 0.385. The van der Waals surface area contributed by atoms with Crippen LogP contribution >= 0.6 is 11.3 Å². The van der Waals surface area contributed by atoms with Crippen LogP contribution in [0.2, 0.25) is 0 Å². The van der Waals surface area contributed by atoms with Gasteiger partial charge in [0, 0.05) is 30.5 Å². The highest BCUT2D eigenvalue weighted by Crippen LogP contribution is 2.12. The Kier molecular flexibility index (Phi) is 6.14. The molecule has 0 saturated heterocycles. The number of amides is 2. The van der Waals surface area contributed by atoms with Crippen LogP contribution in [0.1, 0.15) is 25.1 Å². The van der Waals surface area contributed by atoms with E-state index in [1.54, 1.807) is 18.3 Å². The predicted octanol–water partition coefficient (Wildman–Crippen LogP) is 1.79. The molecule has 1 rings (SSSR count). The quantitative estimate of drug-likeness (QED) is 0.609. The lowest BCUT2D eigenvalue weighted by molar-refractivity contribution is -0.119. The summed E-state index contributed by atoms with van der Waals surface area (Å²) in [4.78, 5) is 23.4. The molecule has 1 heterocycles. The molecule has 0 aliphatic rings. The first-order chi connectivity index (χ1) is 8.59. The van der Waals surface area contributed by atoms with Crippen molar-refractivity contribution < 1.29 is 9.59 Å². The van der Waals surface area contributed by atoms with Gasteiger partial charge in [0.1, 0.15) is 0 Å². The molecule has 0 saturated carbocycles. The second-order valence-electron chi connectivity index (χ2n) is 3.94. The molecule has 1 aromatic heterocycles. The van der Waals surface area contributed by atoms with E-state index in [2.05, 4.69) is 10.6 Å². The second-order valence-corrected chi connectivity index (χ2v) is 4.91. The van der Waals surface area contributed by atoms with Gasteiger partial charge in [0.15, 0.2) is 0 Å². The van der Waals surface area contributed by atoms with E-state index in [-0.39, 0.29) is 11.8 Å². The number of carbonyl (C=O) groups is 2. The maximum absolute atomic E-state index is 11.7. The third kappa shape index (κ3) is 5.63. The number of thiophene rings is 1. The SMILES string of the molecule is CC(=O)NCCCNC(=O)/C(C)=C/c1cccs1. The third-order valence-corrected chi connectivity index (χ3v) is 3.09. The molecule has 0 aliphatic heterocycles. The molecule has 2 N–H and O–H groups in total.